The average molecular weight is 401 g/mol. The molecule has 3 rings (SSSR count). The van der Waals surface area contributed by atoms with Gasteiger partial charge in [-0.15, -0.1) is 0 Å². The summed E-state index contributed by atoms with van der Waals surface area (Å²) in [6.45, 7) is 0.612. The Morgan fingerprint density at radius 2 is 1.59 bits per heavy atom. The Morgan fingerprint density at radius 3 is 2.21 bits per heavy atom. The van der Waals surface area contributed by atoms with E-state index in [9.17, 15) is 9.59 Å². The number of benzene rings is 2. The Hall–Kier alpha value is -3.42. The number of rotatable bonds is 6. The number of likely N-dealkylation sites (N-methyl/N-ethyl adjacent to an activating group) is 1. The number of methoxy groups -OCH3 is 4. The van der Waals surface area contributed by atoms with E-state index in [-0.39, 0.29) is 23.0 Å². The van der Waals surface area contributed by atoms with Gasteiger partial charge in [-0.05, 0) is 18.1 Å². The van der Waals surface area contributed by atoms with E-state index in [1.54, 1.807) is 18.0 Å². The first-order chi connectivity index (χ1) is 13.9. The largest absolute Gasteiger partial charge is 0.493 e. The van der Waals surface area contributed by atoms with Crippen LogP contribution < -0.4 is 18.9 Å². The molecule has 0 bridgehead atoms. The van der Waals surface area contributed by atoms with Gasteiger partial charge < -0.3 is 28.6 Å². The summed E-state index contributed by atoms with van der Waals surface area (Å²) in [7, 11) is 7.42. The van der Waals surface area contributed by atoms with Crippen molar-refractivity contribution >= 4 is 11.9 Å². The molecule has 2 aromatic rings. The molecule has 0 spiro atoms. The lowest BCUT2D eigenvalue weighted by molar-refractivity contribution is 0.0597. The molecule has 0 N–H and O–H groups in total. The second-order valence-electron chi connectivity index (χ2n) is 6.40. The van der Waals surface area contributed by atoms with Gasteiger partial charge in [0.05, 0.1) is 34.0 Å². The molecule has 0 saturated heterocycles. The van der Waals surface area contributed by atoms with E-state index < -0.39 is 5.97 Å². The number of esters is 1. The summed E-state index contributed by atoms with van der Waals surface area (Å²) in [6.07, 6.45) is 0.688. The van der Waals surface area contributed by atoms with Crippen LogP contribution in [0.4, 0.5) is 0 Å². The number of hydrogen-bond donors (Lipinski definition) is 0. The van der Waals surface area contributed by atoms with E-state index in [1.807, 2.05) is 6.07 Å². The highest BCUT2D eigenvalue weighted by Gasteiger charge is 2.30. The highest BCUT2D eigenvalue weighted by atomic mass is 16.5. The van der Waals surface area contributed by atoms with Crippen molar-refractivity contribution in [3.8, 4) is 28.7 Å². The molecule has 0 radical (unpaired) electrons. The van der Waals surface area contributed by atoms with Crippen molar-refractivity contribution in [2.24, 2.45) is 0 Å². The molecule has 1 amide bonds. The first-order valence-electron chi connectivity index (χ1n) is 8.92. The Kier molecular flexibility index (Phi) is 5.81. The zero-order chi connectivity index (χ0) is 21.1. The number of amides is 1. The lowest BCUT2D eigenvalue weighted by Crippen LogP contribution is -2.34. The van der Waals surface area contributed by atoms with Crippen molar-refractivity contribution in [1.29, 1.82) is 0 Å². The number of carbonyl (C=O) groups excluding carboxylic acids is 2. The van der Waals surface area contributed by atoms with E-state index in [0.717, 1.165) is 5.56 Å². The molecule has 0 fully saturated rings. The summed E-state index contributed by atoms with van der Waals surface area (Å²) in [5.41, 5.74) is 1.38. The van der Waals surface area contributed by atoms with Gasteiger partial charge in [0.1, 0.15) is 11.3 Å². The maximum atomic E-state index is 12.8. The molecule has 0 aromatic heterocycles. The van der Waals surface area contributed by atoms with Crippen molar-refractivity contribution in [3.05, 3.63) is 41.0 Å². The molecule has 29 heavy (non-hydrogen) atoms. The minimum absolute atomic E-state index is 0.126. The van der Waals surface area contributed by atoms with E-state index >= 15 is 0 Å². The van der Waals surface area contributed by atoms with Crippen LogP contribution in [0.5, 0.6) is 28.7 Å². The van der Waals surface area contributed by atoms with E-state index in [0.29, 0.717) is 35.8 Å². The molecular weight excluding hydrogens is 378 g/mol. The molecule has 154 valence electrons. The van der Waals surface area contributed by atoms with Crippen LogP contribution in [0, 0.1) is 0 Å². The van der Waals surface area contributed by atoms with Gasteiger partial charge in [-0.2, -0.15) is 0 Å². The fourth-order valence-electron chi connectivity index (χ4n) is 3.21. The Morgan fingerprint density at radius 1 is 0.931 bits per heavy atom. The smallest absolute Gasteiger partial charge is 0.341 e. The second-order valence-corrected chi connectivity index (χ2v) is 6.40. The molecule has 1 aliphatic rings. The van der Waals surface area contributed by atoms with Crippen LogP contribution in [0.2, 0.25) is 0 Å². The third kappa shape index (κ3) is 3.65. The maximum Gasteiger partial charge on any atom is 0.341 e. The van der Waals surface area contributed by atoms with Gasteiger partial charge in [0.15, 0.2) is 23.0 Å². The summed E-state index contributed by atoms with van der Waals surface area (Å²) in [5, 5.41) is 0. The Labute approximate surface area is 168 Å². The third-order valence-electron chi connectivity index (χ3n) is 4.81. The van der Waals surface area contributed by atoms with Crippen molar-refractivity contribution in [3.63, 3.8) is 0 Å². The predicted octanol–water partition coefficient (Wildman–Crippen LogP) is 2.92. The van der Waals surface area contributed by atoms with Gasteiger partial charge in [-0.1, -0.05) is 6.07 Å². The summed E-state index contributed by atoms with van der Waals surface area (Å²) >= 11 is 0. The summed E-state index contributed by atoms with van der Waals surface area (Å²) in [4.78, 5) is 26.8. The topological polar surface area (TPSA) is 83.5 Å². The molecule has 2 aromatic carbocycles. The Balaban J connectivity index is 2.20. The summed E-state index contributed by atoms with van der Waals surface area (Å²) < 4.78 is 27.0. The third-order valence-corrected chi connectivity index (χ3v) is 4.81. The van der Waals surface area contributed by atoms with Crippen LogP contribution in [0.3, 0.4) is 0 Å². The number of ether oxygens (including phenoxy) is 5. The van der Waals surface area contributed by atoms with Gasteiger partial charge in [-0.25, -0.2) is 4.79 Å². The van der Waals surface area contributed by atoms with Gasteiger partial charge in [0.25, 0.3) is 5.91 Å². The van der Waals surface area contributed by atoms with Crippen molar-refractivity contribution in [2.75, 3.05) is 42.0 Å². The van der Waals surface area contributed by atoms with Gasteiger partial charge >= 0.3 is 5.97 Å². The molecule has 8 heteroatoms. The normalized spacial score (nSPS) is 12.9. The van der Waals surface area contributed by atoms with Gasteiger partial charge in [0, 0.05) is 25.7 Å². The molecule has 0 saturated carbocycles. The van der Waals surface area contributed by atoms with Crippen LogP contribution in [-0.2, 0) is 11.2 Å². The van der Waals surface area contributed by atoms with Crippen LogP contribution in [0.15, 0.2) is 24.3 Å². The molecule has 8 nitrogen and oxygen atoms in total. The van der Waals surface area contributed by atoms with Crippen LogP contribution in [0.25, 0.3) is 0 Å². The first kappa shape index (κ1) is 20.3. The molecule has 0 aliphatic carbocycles. The van der Waals surface area contributed by atoms with E-state index in [1.165, 1.54) is 40.6 Å². The Bertz CT molecular complexity index is 955. The molecule has 0 atom stereocenters. The zero-order valence-corrected chi connectivity index (χ0v) is 17.0. The molecule has 1 heterocycles. The number of carbonyl (C=O) groups is 2. The number of fused-ring (bicyclic) bond motifs is 1. The maximum absolute atomic E-state index is 12.8. The van der Waals surface area contributed by atoms with Crippen molar-refractivity contribution in [2.45, 2.75) is 6.42 Å². The van der Waals surface area contributed by atoms with Crippen molar-refractivity contribution in [1.82, 2.24) is 4.90 Å². The minimum atomic E-state index is -0.617. The SMILES string of the molecule is COC(=O)c1cc(OC)c(OC)cc1Oc1c(OC)ccc2c1C(=O)N(C)CC2. The highest BCUT2D eigenvalue weighted by Crippen LogP contribution is 2.43. The summed E-state index contributed by atoms with van der Waals surface area (Å²) in [5.74, 6) is 0.674. The predicted molar refractivity (Wildman–Crippen MR) is 105 cm³/mol. The fourth-order valence-corrected chi connectivity index (χ4v) is 3.21. The first-order valence-corrected chi connectivity index (χ1v) is 8.92. The monoisotopic (exact) mass is 401 g/mol. The number of hydrogen-bond acceptors (Lipinski definition) is 7. The van der Waals surface area contributed by atoms with Crippen LogP contribution >= 0.6 is 0 Å². The number of nitrogens with zero attached hydrogens (tertiary/aromatic N) is 1. The lowest BCUT2D eigenvalue weighted by Gasteiger charge is -2.27. The average Bonchev–Trinajstić information content (AvgIpc) is 2.75. The second kappa shape index (κ2) is 8.30. The quantitative estimate of drug-likeness (QED) is 0.688. The van der Waals surface area contributed by atoms with Crippen LogP contribution in [0.1, 0.15) is 26.3 Å². The van der Waals surface area contributed by atoms with Gasteiger partial charge in [-0.3, -0.25) is 4.79 Å². The van der Waals surface area contributed by atoms with Crippen LogP contribution in [-0.4, -0.2) is 58.8 Å². The molecule has 0 unspecified atom stereocenters. The molecule has 1 aliphatic heterocycles. The van der Waals surface area contributed by atoms with Gasteiger partial charge in [0.2, 0.25) is 0 Å². The van der Waals surface area contributed by atoms with Crippen molar-refractivity contribution < 1.29 is 33.3 Å². The molecular formula is C21H23NO7. The standard InChI is InChI=1S/C21H23NO7/c1-22-9-8-12-6-7-14(25-2)19(18(12)20(22)23)29-15-11-17(27-4)16(26-3)10-13(15)21(24)28-5/h6-7,10-11H,8-9H2,1-5H3. The fraction of sp³-hybridized carbons (Fsp3) is 0.333. The lowest BCUT2D eigenvalue weighted by atomic mass is 9.97. The zero-order valence-electron chi connectivity index (χ0n) is 17.0. The van der Waals surface area contributed by atoms with E-state index in [4.69, 9.17) is 23.7 Å². The summed E-state index contributed by atoms with van der Waals surface area (Å²) in [6, 6.07) is 6.57. The highest BCUT2D eigenvalue weighted by molar-refractivity contribution is 6.00. The minimum Gasteiger partial charge on any atom is -0.493 e. The van der Waals surface area contributed by atoms with E-state index in [2.05, 4.69) is 0 Å².